The van der Waals surface area contributed by atoms with Crippen molar-refractivity contribution in [2.75, 3.05) is 20.4 Å². The number of aliphatic hydroxyl groups is 1. The van der Waals surface area contributed by atoms with Gasteiger partial charge in [0.05, 0.1) is 6.61 Å². The second kappa shape index (κ2) is 6.45. The number of aliphatic hydroxyl groups excluding tert-OH is 1. The SMILES string of the molecule is COC[C@H]1O[C@@H](n2ccc(=O)[nH]c2=O)[C@H](O)[C@@H]1OP(C)(=O)O. The summed E-state index contributed by atoms with van der Waals surface area (Å²) in [5, 5.41) is 10.3. The molecule has 1 unspecified atom stereocenters. The number of H-pyrrole nitrogens is 1. The van der Waals surface area contributed by atoms with Gasteiger partial charge in [0.15, 0.2) is 6.23 Å². The topological polar surface area (TPSA) is 140 Å². The number of nitrogens with one attached hydrogen (secondary N) is 1. The maximum Gasteiger partial charge on any atom is 0.330 e. The molecule has 0 spiro atoms. The van der Waals surface area contributed by atoms with Gasteiger partial charge in [-0.15, -0.1) is 0 Å². The molecule has 0 radical (unpaired) electrons. The zero-order chi connectivity index (χ0) is 16.5. The standard InChI is InChI=1S/C11H17N2O8P/c1-19-5-6-9(21-22(2,17)18)8(15)10(20-6)13-4-3-7(14)12-11(13)16/h3-4,6,8-10,15H,5H2,1-2H3,(H,17,18)(H,12,14,16)/t6-,8-,9-,10-/m1/s1. The number of nitrogens with zero attached hydrogens (tertiary/aromatic N) is 1. The van der Waals surface area contributed by atoms with Gasteiger partial charge >= 0.3 is 13.3 Å². The molecule has 11 heteroatoms. The molecule has 10 nitrogen and oxygen atoms in total. The number of rotatable bonds is 5. The molecule has 1 aliphatic rings. The Labute approximate surface area is 124 Å². The van der Waals surface area contributed by atoms with E-state index in [4.69, 9.17) is 14.0 Å². The average Bonchev–Trinajstić information content (AvgIpc) is 2.67. The number of hydrogen-bond acceptors (Lipinski definition) is 7. The van der Waals surface area contributed by atoms with E-state index in [1.165, 1.54) is 7.11 Å². The van der Waals surface area contributed by atoms with Crippen molar-refractivity contribution in [3.05, 3.63) is 33.1 Å². The molecule has 2 heterocycles. The molecule has 0 aliphatic carbocycles. The van der Waals surface area contributed by atoms with Gasteiger partial charge in [-0.3, -0.25) is 23.4 Å². The highest BCUT2D eigenvalue weighted by molar-refractivity contribution is 7.51. The van der Waals surface area contributed by atoms with E-state index < -0.39 is 43.4 Å². The fourth-order valence-corrected chi connectivity index (χ4v) is 2.94. The van der Waals surface area contributed by atoms with Crippen molar-refractivity contribution in [3.8, 4) is 0 Å². The number of hydrogen-bond donors (Lipinski definition) is 3. The van der Waals surface area contributed by atoms with E-state index in [9.17, 15) is 24.2 Å². The van der Waals surface area contributed by atoms with Crippen LogP contribution in [0.4, 0.5) is 0 Å². The third-order valence-electron chi connectivity index (χ3n) is 3.08. The maximum absolute atomic E-state index is 11.8. The molecule has 1 aliphatic heterocycles. The van der Waals surface area contributed by atoms with Crippen LogP contribution in [0.25, 0.3) is 0 Å². The zero-order valence-corrected chi connectivity index (χ0v) is 12.8. The lowest BCUT2D eigenvalue weighted by atomic mass is 10.1. The van der Waals surface area contributed by atoms with E-state index in [0.717, 1.165) is 23.5 Å². The van der Waals surface area contributed by atoms with E-state index >= 15 is 0 Å². The Morgan fingerprint density at radius 3 is 2.73 bits per heavy atom. The summed E-state index contributed by atoms with van der Waals surface area (Å²) in [4.78, 5) is 34.2. The minimum absolute atomic E-state index is 0.0175. The van der Waals surface area contributed by atoms with Crippen LogP contribution in [0.5, 0.6) is 0 Å². The second-order valence-electron chi connectivity index (χ2n) is 4.90. The molecule has 0 aromatic carbocycles. The highest BCUT2D eigenvalue weighted by Crippen LogP contribution is 2.43. The first kappa shape index (κ1) is 17.1. The molecule has 1 fully saturated rings. The van der Waals surface area contributed by atoms with Gasteiger partial charge in [0.1, 0.15) is 18.3 Å². The molecular formula is C11H17N2O8P. The molecule has 0 bridgehead atoms. The van der Waals surface area contributed by atoms with E-state index in [0.29, 0.717) is 0 Å². The van der Waals surface area contributed by atoms with Gasteiger partial charge in [-0.25, -0.2) is 4.79 Å². The molecule has 1 aromatic rings. The first-order chi connectivity index (χ1) is 10.2. The van der Waals surface area contributed by atoms with Gasteiger partial charge in [-0.1, -0.05) is 0 Å². The van der Waals surface area contributed by atoms with E-state index in [2.05, 4.69) is 0 Å². The van der Waals surface area contributed by atoms with Crippen molar-refractivity contribution >= 4 is 7.60 Å². The lowest BCUT2D eigenvalue weighted by Crippen LogP contribution is -2.38. The Morgan fingerprint density at radius 1 is 1.50 bits per heavy atom. The third kappa shape index (κ3) is 3.72. The van der Waals surface area contributed by atoms with Crippen LogP contribution < -0.4 is 11.2 Å². The van der Waals surface area contributed by atoms with Gasteiger partial charge in [-0.05, 0) is 0 Å². The fraction of sp³-hybridized carbons (Fsp3) is 0.636. The molecule has 124 valence electrons. The Morgan fingerprint density at radius 2 is 2.18 bits per heavy atom. The average molecular weight is 336 g/mol. The first-order valence-electron chi connectivity index (χ1n) is 6.35. The van der Waals surface area contributed by atoms with Crippen LogP contribution in [-0.4, -0.2) is 58.2 Å². The quantitative estimate of drug-likeness (QED) is 0.560. The summed E-state index contributed by atoms with van der Waals surface area (Å²) < 4.78 is 27.8. The highest BCUT2D eigenvalue weighted by atomic mass is 31.2. The Balaban J connectivity index is 2.32. The summed E-state index contributed by atoms with van der Waals surface area (Å²) in [5.41, 5.74) is -1.37. The maximum atomic E-state index is 11.8. The predicted molar refractivity (Wildman–Crippen MR) is 73.7 cm³/mol. The van der Waals surface area contributed by atoms with Crippen molar-refractivity contribution in [2.45, 2.75) is 24.5 Å². The predicted octanol–water partition coefficient (Wildman–Crippen LogP) is -1.36. The number of aromatic amines is 1. The minimum Gasteiger partial charge on any atom is -0.386 e. The number of aromatic nitrogens is 2. The summed E-state index contributed by atoms with van der Waals surface area (Å²) in [6.07, 6.45) is -3.44. The lowest BCUT2D eigenvalue weighted by molar-refractivity contribution is -0.0607. The van der Waals surface area contributed by atoms with E-state index in [1.54, 1.807) is 0 Å². The molecule has 2 rings (SSSR count). The molecule has 1 saturated heterocycles. The van der Waals surface area contributed by atoms with Crippen LogP contribution in [0.15, 0.2) is 21.9 Å². The van der Waals surface area contributed by atoms with Crippen LogP contribution in [0.1, 0.15) is 6.23 Å². The van der Waals surface area contributed by atoms with Gasteiger partial charge in [0.2, 0.25) is 0 Å². The van der Waals surface area contributed by atoms with E-state index in [-0.39, 0.29) is 6.61 Å². The zero-order valence-electron chi connectivity index (χ0n) is 11.9. The largest absolute Gasteiger partial charge is 0.386 e. The monoisotopic (exact) mass is 336 g/mol. The summed E-state index contributed by atoms with van der Waals surface area (Å²) in [7, 11) is -2.51. The number of methoxy groups -OCH3 is 1. The number of ether oxygens (including phenoxy) is 2. The van der Waals surface area contributed by atoms with Crippen LogP contribution in [0.3, 0.4) is 0 Å². The van der Waals surface area contributed by atoms with Crippen LogP contribution in [0.2, 0.25) is 0 Å². The molecule has 3 N–H and O–H groups in total. The summed E-state index contributed by atoms with van der Waals surface area (Å²) in [6, 6.07) is 1.09. The molecule has 5 atom stereocenters. The smallest absolute Gasteiger partial charge is 0.330 e. The van der Waals surface area contributed by atoms with Crippen molar-refractivity contribution in [1.29, 1.82) is 0 Å². The van der Waals surface area contributed by atoms with Crippen LogP contribution in [-0.2, 0) is 18.6 Å². The minimum atomic E-state index is -3.89. The van der Waals surface area contributed by atoms with Gasteiger partial charge < -0.3 is 19.5 Å². The molecule has 0 amide bonds. The Hall–Kier alpha value is -1.29. The Kier molecular flexibility index (Phi) is 5.00. The molecule has 22 heavy (non-hydrogen) atoms. The third-order valence-corrected chi connectivity index (χ3v) is 3.72. The van der Waals surface area contributed by atoms with Gasteiger partial charge in [-0.2, -0.15) is 0 Å². The molecule has 1 aromatic heterocycles. The van der Waals surface area contributed by atoms with Crippen LogP contribution >= 0.6 is 7.60 Å². The lowest BCUT2D eigenvalue weighted by Gasteiger charge is -2.21. The highest BCUT2D eigenvalue weighted by Gasteiger charge is 2.47. The first-order valence-corrected chi connectivity index (χ1v) is 8.38. The van der Waals surface area contributed by atoms with Gasteiger partial charge in [0, 0.05) is 26.0 Å². The molecular weight excluding hydrogens is 319 g/mol. The van der Waals surface area contributed by atoms with Crippen molar-refractivity contribution in [2.24, 2.45) is 0 Å². The normalized spacial score (nSPS) is 31.1. The Bertz CT molecular complexity index is 679. The summed E-state index contributed by atoms with van der Waals surface area (Å²) >= 11 is 0. The van der Waals surface area contributed by atoms with Crippen molar-refractivity contribution in [3.63, 3.8) is 0 Å². The van der Waals surface area contributed by atoms with Crippen LogP contribution in [0, 0.1) is 0 Å². The fourth-order valence-electron chi connectivity index (χ4n) is 2.23. The van der Waals surface area contributed by atoms with E-state index in [1.807, 2.05) is 4.98 Å². The summed E-state index contributed by atoms with van der Waals surface area (Å²) in [6.45, 7) is 0.958. The van der Waals surface area contributed by atoms with Gasteiger partial charge in [0.25, 0.3) is 5.56 Å². The van der Waals surface area contributed by atoms with Crippen molar-refractivity contribution < 1.29 is 28.6 Å². The van der Waals surface area contributed by atoms with Crippen molar-refractivity contribution in [1.82, 2.24) is 9.55 Å². The summed E-state index contributed by atoms with van der Waals surface area (Å²) in [5.74, 6) is 0. The molecule has 0 saturated carbocycles. The second-order valence-corrected chi connectivity index (χ2v) is 6.72.